The number of aromatic nitrogens is 1. The quantitative estimate of drug-likeness (QED) is 0.871. The molecule has 3 rings (SSSR count). The molecule has 1 aliphatic heterocycles. The number of rotatable bonds is 4. The maximum absolute atomic E-state index is 9.08. The summed E-state index contributed by atoms with van der Waals surface area (Å²) in [5.74, 6) is 2.67. The van der Waals surface area contributed by atoms with E-state index in [0.717, 1.165) is 33.1 Å². The van der Waals surface area contributed by atoms with E-state index >= 15 is 0 Å². The topological polar surface area (TPSA) is 51.6 Å². The zero-order valence-electron chi connectivity index (χ0n) is 10.6. The van der Waals surface area contributed by atoms with Gasteiger partial charge >= 0.3 is 0 Å². The molecule has 0 saturated heterocycles. The Morgan fingerprint density at radius 2 is 2.16 bits per heavy atom. The minimum atomic E-state index is 0.199. The SMILES string of the molecule is CC(CO)CSc1nccc2cc3c(cc12)OCO3. The first kappa shape index (κ1) is 12.6. The molecule has 1 aromatic carbocycles. The lowest BCUT2D eigenvalue weighted by Crippen LogP contribution is -2.03. The number of thioether (sulfide) groups is 1. The van der Waals surface area contributed by atoms with Crippen molar-refractivity contribution in [1.29, 1.82) is 0 Å². The molecule has 2 aromatic rings. The van der Waals surface area contributed by atoms with E-state index in [1.165, 1.54) is 0 Å². The molecule has 1 atom stereocenters. The Labute approximate surface area is 115 Å². The maximum Gasteiger partial charge on any atom is 0.231 e. The van der Waals surface area contributed by atoms with Crippen LogP contribution in [0.2, 0.25) is 0 Å². The molecule has 0 fully saturated rings. The molecule has 0 saturated carbocycles. The number of fused-ring (bicyclic) bond motifs is 2. The highest BCUT2D eigenvalue weighted by Gasteiger charge is 2.16. The van der Waals surface area contributed by atoms with Crippen molar-refractivity contribution < 1.29 is 14.6 Å². The normalized spacial score (nSPS) is 14.8. The Kier molecular flexibility index (Phi) is 3.48. The summed E-state index contributed by atoms with van der Waals surface area (Å²) in [5, 5.41) is 12.2. The number of nitrogens with zero attached hydrogens (tertiary/aromatic N) is 1. The number of aliphatic hydroxyl groups excluding tert-OH is 1. The number of aliphatic hydroxyl groups is 1. The summed E-state index contributed by atoms with van der Waals surface area (Å²) < 4.78 is 10.8. The van der Waals surface area contributed by atoms with Crippen LogP contribution in [0.1, 0.15) is 6.92 Å². The fourth-order valence-electron chi connectivity index (χ4n) is 1.92. The van der Waals surface area contributed by atoms with Gasteiger partial charge in [0.25, 0.3) is 0 Å². The highest BCUT2D eigenvalue weighted by Crippen LogP contribution is 2.38. The van der Waals surface area contributed by atoms with E-state index in [1.807, 2.05) is 25.1 Å². The van der Waals surface area contributed by atoms with Gasteiger partial charge in [-0.05, 0) is 29.5 Å². The van der Waals surface area contributed by atoms with E-state index in [-0.39, 0.29) is 19.3 Å². The summed E-state index contributed by atoms with van der Waals surface area (Å²) in [6.45, 7) is 2.50. The van der Waals surface area contributed by atoms with Crippen molar-refractivity contribution in [2.24, 2.45) is 5.92 Å². The van der Waals surface area contributed by atoms with Crippen LogP contribution in [0.25, 0.3) is 10.8 Å². The van der Waals surface area contributed by atoms with Gasteiger partial charge in [-0.1, -0.05) is 6.92 Å². The van der Waals surface area contributed by atoms with Crippen LogP contribution in [-0.2, 0) is 0 Å². The first-order valence-electron chi connectivity index (χ1n) is 6.20. The first-order chi connectivity index (χ1) is 9.28. The van der Waals surface area contributed by atoms with Gasteiger partial charge in [0.05, 0.1) is 0 Å². The summed E-state index contributed by atoms with van der Waals surface area (Å²) in [6.07, 6.45) is 1.80. The van der Waals surface area contributed by atoms with Crippen LogP contribution in [-0.4, -0.2) is 29.2 Å². The standard InChI is InChI=1S/C14H15NO3S/c1-9(6-16)7-19-14-11-5-13-12(17-8-18-13)4-10(11)2-3-15-14/h2-5,9,16H,6-8H2,1H3. The van der Waals surface area contributed by atoms with E-state index in [1.54, 1.807) is 18.0 Å². The van der Waals surface area contributed by atoms with Gasteiger partial charge < -0.3 is 14.6 Å². The minimum absolute atomic E-state index is 0.199. The smallest absolute Gasteiger partial charge is 0.231 e. The van der Waals surface area contributed by atoms with Crippen LogP contribution in [0.4, 0.5) is 0 Å². The molecule has 0 amide bonds. The maximum atomic E-state index is 9.08. The lowest BCUT2D eigenvalue weighted by molar-refractivity contribution is 0.174. The first-order valence-corrected chi connectivity index (χ1v) is 7.18. The molecule has 2 heterocycles. The third kappa shape index (κ3) is 2.48. The molecule has 5 heteroatoms. The fraction of sp³-hybridized carbons (Fsp3) is 0.357. The third-order valence-electron chi connectivity index (χ3n) is 3.04. The van der Waals surface area contributed by atoms with Crippen LogP contribution in [0.3, 0.4) is 0 Å². The van der Waals surface area contributed by atoms with E-state index < -0.39 is 0 Å². The molecule has 1 unspecified atom stereocenters. The summed E-state index contributed by atoms with van der Waals surface area (Å²) in [7, 11) is 0. The largest absolute Gasteiger partial charge is 0.454 e. The predicted octanol–water partition coefficient (Wildman–Crippen LogP) is 2.68. The number of hydrogen-bond acceptors (Lipinski definition) is 5. The second-order valence-corrected chi connectivity index (χ2v) is 5.65. The van der Waals surface area contributed by atoms with Crippen molar-refractivity contribution in [3.8, 4) is 11.5 Å². The highest BCUT2D eigenvalue weighted by atomic mass is 32.2. The molecule has 1 N–H and O–H groups in total. The lowest BCUT2D eigenvalue weighted by atomic mass is 10.1. The molecule has 1 aliphatic rings. The second-order valence-electron chi connectivity index (χ2n) is 4.64. The van der Waals surface area contributed by atoms with Crippen LogP contribution in [0.15, 0.2) is 29.4 Å². The van der Waals surface area contributed by atoms with Gasteiger partial charge in [0.2, 0.25) is 6.79 Å². The van der Waals surface area contributed by atoms with Crippen LogP contribution in [0.5, 0.6) is 11.5 Å². The molecular weight excluding hydrogens is 262 g/mol. The van der Waals surface area contributed by atoms with Crippen LogP contribution in [0, 0.1) is 5.92 Å². The molecule has 100 valence electrons. The molecular formula is C14H15NO3S. The van der Waals surface area contributed by atoms with Crippen molar-refractivity contribution in [2.75, 3.05) is 19.2 Å². The summed E-state index contributed by atoms with van der Waals surface area (Å²) in [6, 6.07) is 5.94. The molecule has 0 bridgehead atoms. The van der Waals surface area contributed by atoms with Gasteiger partial charge in [0.15, 0.2) is 11.5 Å². The van der Waals surface area contributed by atoms with E-state index in [4.69, 9.17) is 14.6 Å². The van der Waals surface area contributed by atoms with Gasteiger partial charge in [0.1, 0.15) is 5.03 Å². The molecule has 4 nitrogen and oxygen atoms in total. The highest BCUT2D eigenvalue weighted by molar-refractivity contribution is 7.99. The second kappa shape index (κ2) is 5.27. The van der Waals surface area contributed by atoms with Crippen molar-refractivity contribution in [1.82, 2.24) is 4.98 Å². The average molecular weight is 277 g/mol. The lowest BCUT2D eigenvalue weighted by Gasteiger charge is -2.09. The molecule has 19 heavy (non-hydrogen) atoms. The van der Waals surface area contributed by atoms with Crippen molar-refractivity contribution in [3.05, 3.63) is 24.4 Å². The Bertz CT molecular complexity index is 603. The molecule has 0 aliphatic carbocycles. The Morgan fingerprint density at radius 3 is 2.95 bits per heavy atom. The third-order valence-corrected chi connectivity index (χ3v) is 4.37. The number of pyridine rings is 1. The van der Waals surface area contributed by atoms with Crippen LogP contribution >= 0.6 is 11.8 Å². The zero-order chi connectivity index (χ0) is 13.2. The van der Waals surface area contributed by atoms with Crippen LogP contribution < -0.4 is 9.47 Å². The fourth-order valence-corrected chi connectivity index (χ4v) is 2.94. The summed E-state index contributed by atoms with van der Waals surface area (Å²) in [4.78, 5) is 4.42. The predicted molar refractivity (Wildman–Crippen MR) is 74.8 cm³/mol. The monoisotopic (exact) mass is 277 g/mol. The van der Waals surface area contributed by atoms with Crippen molar-refractivity contribution in [2.45, 2.75) is 11.9 Å². The van der Waals surface area contributed by atoms with Gasteiger partial charge in [-0.2, -0.15) is 0 Å². The van der Waals surface area contributed by atoms with Crippen molar-refractivity contribution in [3.63, 3.8) is 0 Å². The number of benzene rings is 1. The average Bonchev–Trinajstić information content (AvgIpc) is 2.89. The molecule has 0 radical (unpaired) electrons. The Balaban J connectivity index is 1.96. The van der Waals surface area contributed by atoms with Gasteiger partial charge in [-0.3, -0.25) is 0 Å². The minimum Gasteiger partial charge on any atom is -0.454 e. The van der Waals surface area contributed by atoms with Gasteiger partial charge in [-0.25, -0.2) is 4.98 Å². The number of hydrogen-bond donors (Lipinski definition) is 1. The zero-order valence-corrected chi connectivity index (χ0v) is 11.4. The van der Waals surface area contributed by atoms with Gasteiger partial charge in [-0.15, -0.1) is 11.8 Å². The van der Waals surface area contributed by atoms with Crippen molar-refractivity contribution >= 4 is 22.5 Å². The van der Waals surface area contributed by atoms with E-state index in [2.05, 4.69) is 4.98 Å². The Hall–Kier alpha value is -1.46. The number of ether oxygens (including phenoxy) is 2. The Morgan fingerprint density at radius 1 is 1.37 bits per heavy atom. The summed E-state index contributed by atoms with van der Waals surface area (Å²) >= 11 is 1.66. The summed E-state index contributed by atoms with van der Waals surface area (Å²) in [5.41, 5.74) is 0. The molecule has 0 spiro atoms. The van der Waals surface area contributed by atoms with E-state index in [9.17, 15) is 0 Å². The van der Waals surface area contributed by atoms with Gasteiger partial charge in [0, 0.05) is 23.9 Å². The van der Waals surface area contributed by atoms with E-state index in [0.29, 0.717) is 0 Å². The molecule has 1 aromatic heterocycles.